The number of thioether (sulfide) groups is 1. The van der Waals surface area contributed by atoms with E-state index in [-0.39, 0.29) is 0 Å². The molecule has 4 nitrogen and oxygen atoms in total. The van der Waals surface area contributed by atoms with E-state index in [4.69, 9.17) is 0 Å². The predicted octanol–water partition coefficient (Wildman–Crippen LogP) is 4.69. The van der Waals surface area contributed by atoms with E-state index in [1.165, 1.54) is 38.4 Å². The first kappa shape index (κ1) is 18.8. The summed E-state index contributed by atoms with van der Waals surface area (Å²) in [5.41, 5.74) is 9.08. The third-order valence-corrected chi connectivity index (χ3v) is 7.99. The van der Waals surface area contributed by atoms with Crippen molar-refractivity contribution in [3.8, 4) is 17.2 Å². The molecule has 3 aliphatic rings. The molecule has 31 heavy (non-hydrogen) atoms. The van der Waals surface area contributed by atoms with Crippen LogP contribution in [-0.2, 0) is 19.3 Å². The molecule has 5 heteroatoms. The highest BCUT2D eigenvalue weighted by molar-refractivity contribution is 7.99. The zero-order valence-corrected chi connectivity index (χ0v) is 18.3. The molecule has 2 aliphatic heterocycles. The zero-order valence-electron chi connectivity index (χ0n) is 17.5. The molecule has 6 rings (SSSR count). The van der Waals surface area contributed by atoms with Gasteiger partial charge >= 0.3 is 0 Å². The number of fused-ring (bicyclic) bond motifs is 5. The largest absolute Gasteiger partial charge is 0.367 e. The third kappa shape index (κ3) is 3.01. The van der Waals surface area contributed by atoms with Crippen LogP contribution in [0.1, 0.15) is 22.3 Å². The summed E-state index contributed by atoms with van der Waals surface area (Å²) >= 11 is 1.94. The van der Waals surface area contributed by atoms with E-state index >= 15 is 0 Å². The molecule has 0 radical (unpaired) electrons. The zero-order chi connectivity index (χ0) is 20.8. The number of nitriles is 1. The molecule has 0 unspecified atom stereocenters. The molecule has 0 atom stereocenters. The average molecular weight is 425 g/mol. The second-order valence-electron chi connectivity index (χ2n) is 8.41. The number of benzene rings is 2. The van der Waals surface area contributed by atoms with Crippen LogP contribution in [0.4, 0.5) is 11.5 Å². The molecular weight excluding hydrogens is 400 g/mol. The summed E-state index contributed by atoms with van der Waals surface area (Å²) in [5, 5.41) is 10.2. The van der Waals surface area contributed by atoms with Crippen molar-refractivity contribution in [1.82, 2.24) is 4.98 Å². The molecule has 0 amide bonds. The molecule has 3 heterocycles. The van der Waals surface area contributed by atoms with E-state index in [9.17, 15) is 5.26 Å². The minimum absolute atomic E-state index is 0.922. The quantitative estimate of drug-likeness (QED) is 0.597. The Hall–Kier alpha value is -2.97. The topological polar surface area (TPSA) is 43.2 Å². The number of hydrogen-bond acceptors (Lipinski definition) is 5. The fraction of sp³-hybridized carbons (Fsp3) is 0.308. The average Bonchev–Trinajstić information content (AvgIpc) is 3.33. The number of piperazine rings is 1. The van der Waals surface area contributed by atoms with Crippen molar-refractivity contribution >= 4 is 23.3 Å². The van der Waals surface area contributed by atoms with E-state index in [0.717, 1.165) is 62.6 Å². The molecule has 154 valence electrons. The van der Waals surface area contributed by atoms with Gasteiger partial charge < -0.3 is 9.80 Å². The van der Waals surface area contributed by atoms with Crippen LogP contribution in [0.25, 0.3) is 11.1 Å². The highest BCUT2D eigenvalue weighted by atomic mass is 32.2. The van der Waals surface area contributed by atoms with E-state index in [2.05, 4.69) is 57.3 Å². The van der Waals surface area contributed by atoms with Gasteiger partial charge in [0.1, 0.15) is 11.9 Å². The second kappa shape index (κ2) is 7.62. The number of aryl methyl sites for hydroxylation is 1. The van der Waals surface area contributed by atoms with Gasteiger partial charge in [0.05, 0.1) is 11.3 Å². The summed E-state index contributed by atoms with van der Waals surface area (Å²) in [5.74, 6) is 2.12. The highest BCUT2D eigenvalue weighted by Crippen LogP contribution is 2.51. The molecule has 1 saturated heterocycles. The minimum Gasteiger partial charge on any atom is -0.367 e. The molecule has 0 spiro atoms. The van der Waals surface area contributed by atoms with Crippen LogP contribution >= 0.6 is 11.8 Å². The van der Waals surface area contributed by atoms with Gasteiger partial charge in [-0.3, -0.25) is 0 Å². The molecule has 1 aromatic heterocycles. The lowest BCUT2D eigenvalue weighted by molar-refractivity contribution is 0.643. The van der Waals surface area contributed by atoms with Gasteiger partial charge in [-0.25, -0.2) is 4.98 Å². The predicted molar refractivity (Wildman–Crippen MR) is 127 cm³/mol. The molecule has 1 aliphatic carbocycles. The first-order valence-corrected chi connectivity index (χ1v) is 12.1. The van der Waals surface area contributed by atoms with E-state index in [1.807, 2.05) is 24.0 Å². The Morgan fingerprint density at radius 3 is 2.48 bits per heavy atom. The summed E-state index contributed by atoms with van der Waals surface area (Å²) in [6, 6.07) is 17.6. The van der Waals surface area contributed by atoms with E-state index in [1.54, 1.807) is 0 Å². The lowest BCUT2D eigenvalue weighted by Crippen LogP contribution is -2.47. The summed E-state index contributed by atoms with van der Waals surface area (Å²) in [7, 11) is 0. The maximum absolute atomic E-state index is 10.2. The Morgan fingerprint density at radius 1 is 0.871 bits per heavy atom. The van der Waals surface area contributed by atoms with Crippen molar-refractivity contribution in [1.29, 1.82) is 5.26 Å². The van der Waals surface area contributed by atoms with Gasteiger partial charge in [-0.1, -0.05) is 30.3 Å². The van der Waals surface area contributed by atoms with Crippen molar-refractivity contribution in [2.75, 3.05) is 41.7 Å². The Bertz CT molecular complexity index is 1190. The number of hydrogen-bond donors (Lipinski definition) is 0. The number of aromatic nitrogens is 1. The van der Waals surface area contributed by atoms with Gasteiger partial charge in [0.15, 0.2) is 0 Å². The molecular formula is C26H24N4S. The van der Waals surface area contributed by atoms with Gasteiger partial charge in [0.25, 0.3) is 0 Å². The Balaban J connectivity index is 1.44. The normalized spacial score (nSPS) is 17.0. The molecule has 1 fully saturated rings. The molecule has 0 saturated carbocycles. The van der Waals surface area contributed by atoms with Crippen molar-refractivity contribution in [3.63, 3.8) is 0 Å². The Labute approximate surface area is 187 Å². The van der Waals surface area contributed by atoms with Crippen molar-refractivity contribution < 1.29 is 0 Å². The van der Waals surface area contributed by atoms with Crippen LogP contribution in [0.2, 0.25) is 0 Å². The summed E-state index contributed by atoms with van der Waals surface area (Å²) in [6.07, 6.45) is 4.93. The van der Waals surface area contributed by atoms with Crippen LogP contribution in [0.5, 0.6) is 0 Å². The standard InChI is InChI=1S/C26H24N4S/c27-17-22-20-10-16-31-26(20)24-19-6-2-1-5-18(19)8-9-21(24)25(22)30-14-12-29(13-15-30)23-7-3-4-11-28-23/h1-7,11H,8-10,12-16H2. The SMILES string of the molecule is N#Cc1c2c(c3c(c1N1CCN(c4ccccn4)CC1)CCc1ccccc1-3)SCC2. The van der Waals surface area contributed by atoms with Crippen molar-refractivity contribution in [3.05, 3.63) is 70.9 Å². The number of nitrogens with zero attached hydrogens (tertiary/aromatic N) is 4. The fourth-order valence-corrected chi connectivity index (χ4v) is 6.67. The second-order valence-corrected chi connectivity index (χ2v) is 9.52. The van der Waals surface area contributed by atoms with Gasteiger partial charge in [-0.2, -0.15) is 5.26 Å². The van der Waals surface area contributed by atoms with E-state index < -0.39 is 0 Å². The first-order chi connectivity index (χ1) is 15.3. The van der Waals surface area contributed by atoms with Crippen LogP contribution in [-0.4, -0.2) is 36.9 Å². The van der Waals surface area contributed by atoms with Gasteiger partial charge in [0, 0.05) is 48.6 Å². The smallest absolute Gasteiger partial charge is 0.128 e. The number of rotatable bonds is 2. The lowest BCUT2D eigenvalue weighted by atomic mass is 9.81. The summed E-state index contributed by atoms with van der Waals surface area (Å²) < 4.78 is 0. The third-order valence-electron chi connectivity index (χ3n) is 6.84. The minimum atomic E-state index is 0.922. The Morgan fingerprint density at radius 2 is 1.68 bits per heavy atom. The summed E-state index contributed by atoms with van der Waals surface area (Å²) in [4.78, 5) is 10.7. The van der Waals surface area contributed by atoms with Crippen LogP contribution < -0.4 is 9.80 Å². The Kier molecular flexibility index (Phi) is 4.61. The van der Waals surface area contributed by atoms with E-state index in [0.29, 0.717) is 0 Å². The van der Waals surface area contributed by atoms with Crippen molar-refractivity contribution in [2.45, 2.75) is 24.2 Å². The molecule has 3 aromatic rings. The number of anilines is 2. The van der Waals surface area contributed by atoms with Crippen molar-refractivity contribution in [2.24, 2.45) is 0 Å². The van der Waals surface area contributed by atoms with Crippen LogP contribution in [0, 0.1) is 11.3 Å². The summed E-state index contributed by atoms with van der Waals surface area (Å²) in [6.45, 7) is 3.70. The molecule has 0 N–H and O–H groups in total. The maximum Gasteiger partial charge on any atom is 0.128 e. The van der Waals surface area contributed by atoms with Crippen LogP contribution in [0.15, 0.2) is 53.6 Å². The fourth-order valence-electron chi connectivity index (χ4n) is 5.41. The number of pyridine rings is 1. The van der Waals surface area contributed by atoms with Gasteiger partial charge in [-0.05, 0) is 53.6 Å². The lowest BCUT2D eigenvalue weighted by Gasteiger charge is -2.39. The maximum atomic E-state index is 10.2. The highest BCUT2D eigenvalue weighted by Gasteiger charge is 2.33. The first-order valence-electron chi connectivity index (χ1n) is 11.1. The van der Waals surface area contributed by atoms with Gasteiger partial charge in [-0.15, -0.1) is 11.8 Å². The van der Waals surface area contributed by atoms with Gasteiger partial charge in [0.2, 0.25) is 0 Å². The van der Waals surface area contributed by atoms with Crippen LogP contribution in [0.3, 0.4) is 0 Å². The monoisotopic (exact) mass is 424 g/mol. The molecule has 0 bridgehead atoms. The molecule has 2 aromatic carbocycles.